The topological polar surface area (TPSA) is 89.3 Å². The van der Waals surface area contributed by atoms with E-state index in [1.54, 1.807) is 24.3 Å². The Morgan fingerprint density at radius 2 is 1.64 bits per heavy atom. The molecule has 2 aromatic carbocycles. The third-order valence-corrected chi connectivity index (χ3v) is 4.52. The first-order valence-electron chi connectivity index (χ1n) is 8.30. The predicted octanol–water partition coefficient (Wildman–Crippen LogP) is 1.96. The van der Waals surface area contributed by atoms with E-state index in [0.29, 0.717) is 12.0 Å². The van der Waals surface area contributed by atoms with Gasteiger partial charge in [0, 0.05) is 18.4 Å². The first-order valence-corrected chi connectivity index (χ1v) is 8.30. The minimum atomic E-state index is -0.606. The Labute approximate surface area is 146 Å². The van der Waals surface area contributed by atoms with Crippen molar-refractivity contribution in [2.75, 3.05) is 0 Å². The number of ketones is 2. The maximum atomic E-state index is 12.7. The summed E-state index contributed by atoms with van der Waals surface area (Å²) in [7, 11) is 0. The van der Waals surface area contributed by atoms with E-state index < -0.39 is 18.0 Å². The van der Waals surface area contributed by atoms with Crippen LogP contribution in [-0.4, -0.2) is 23.5 Å². The van der Waals surface area contributed by atoms with Crippen molar-refractivity contribution >= 4 is 17.5 Å². The van der Waals surface area contributed by atoms with Crippen molar-refractivity contribution in [1.29, 1.82) is 0 Å². The van der Waals surface area contributed by atoms with E-state index in [1.165, 1.54) is 0 Å². The molecular formula is C20H20N2O3. The van der Waals surface area contributed by atoms with Crippen molar-refractivity contribution in [3.8, 4) is 0 Å². The molecule has 0 saturated carbocycles. The third-order valence-electron chi connectivity index (χ3n) is 4.52. The van der Waals surface area contributed by atoms with Crippen LogP contribution in [0.1, 0.15) is 40.4 Å². The molecule has 0 aromatic heterocycles. The number of nitrogens with two attached hydrogens (primary N) is 1. The summed E-state index contributed by atoms with van der Waals surface area (Å²) in [5, 5.41) is 3.04. The van der Waals surface area contributed by atoms with Crippen LogP contribution in [0.25, 0.3) is 0 Å². The minimum Gasteiger partial charge on any atom is -0.368 e. The molecule has 0 radical (unpaired) electrons. The van der Waals surface area contributed by atoms with Crippen LogP contribution in [0.15, 0.2) is 54.6 Å². The SMILES string of the molecule is NC(=O)C1Cc2ccccc2C(C(=O)CCC(=O)c2ccccc2)N1. The van der Waals surface area contributed by atoms with Crippen LogP contribution in [0.3, 0.4) is 0 Å². The number of Topliss-reactive ketones (excluding diaryl/α,β-unsaturated/α-hetero) is 2. The average Bonchev–Trinajstić information content (AvgIpc) is 2.65. The Kier molecular flexibility index (Phi) is 5.05. The molecule has 5 heteroatoms. The molecule has 3 N–H and O–H groups in total. The molecule has 2 unspecified atom stereocenters. The molecule has 5 nitrogen and oxygen atoms in total. The van der Waals surface area contributed by atoms with Gasteiger partial charge in [-0.25, -0.2) is 0 Å². The zero-order valence-corrected chi connectivity index (χ0v) is 13.8. The highest BCUT2D eigenvalue weighted by atomic mass is 16.2. The fraction of sp³-hybridized carbons (Fsp3) is 0.250. The molecule has 25 heavy (non-hydrogen) atoms. The first-order chi connectivity index (χ1) is 12.1. The van der Waals surface area contributed by atoms with E-state index in [2.05, 4.69) is 5.32 Å². The van der Waals surface area contributed by atoms with Crippen LogP contribution in [0.4, 0.5) is 0 Å². The fourth-order valence-electron chi connectivity index (χ4n) is 3.17. The number of hydrogen-bond acceptors (Lipinski definition) is 4. The highest BCUT2D eigenvalue weighted by molar-refractivity contribution is 5.99. The normalized spacial score (nSPS) is 19.0. The molecule has 1 heterocycles. The van der Waals surface area contributed by atoms with Gasteiger partial charge in [-0.05, 0) is 17.5 Å². The molecule has 0 saturated heterocycles. The number of carbonyl (C=O) groups excluding carboxylic acids is 3. The maximum Gasteiger partial charge on any atom is 0.234 e. The average molecular weight is 336 g/mol. The van der Waals surface area contributed by atoms with Gasteiger partial charge in [-0.3, -0.25) is 19.7 Å². The largest absolute Gasteiger partial charge is 0.368 e. The molecule has 1 amide bonds. The van der Waals surface area contributed by atoms with E-state index in [-0.39, 0.29) is 24.4 Å². The molecule has 3 rings (SSSR count). The maximum absolute atomic E-state index is 12.7. The standard InChI is InChI=1S/C20H20N2O3/c21-20(25)16-12-14-8-4-5-9-15(14)19(22-16)18(24)11-10-17(23)13-6-2-1-3-7-13/h1-9,16,19,22H,10-12H2,(H2,21,25). The van der Waals surface area contributed by atoms with Crippen molar-refractivity contribution in [2.45, 2.75) is 31.3 Å². The number of rotatable bonds is 6. The van der Waals surface area contributed by atoms with Crippen molar-refractivity contribution in [1.82, 2.24) is 5.32 Å². The summed E-state index contributed by atoms with van der Waals surface area (Å²) in [5.74, 6) is -0.653. The second-order valence-electron chi connectivity index (χ2n) is 6.21. The number of benzene rings is 2. The van der Waals surface area contributed by atoms with Gasteiger partial charge in [0.1, 0.15) is 0 Å². The summed E-state index contributed by atoms with van der Waals surface area (Å²) >= 11 is 0. The minimum absolute atomic E-state index is 0.0653. The Balaban J connectivity index is 1.72. The van der Waals surface area contributed by atoms with E-state index in [1.807, 2.05) is 30.3 Å². The van der Waals surface area contributed by atoms with Gasteiger partial charge in [0.15, 0.2) is 11.6 Å². The van der Waals surface area contributed by atoms with Crippen molar-refractivity contribution in [3.05, 3.63) is 71.3 Å². The lowest BCUT2D eigenvalue weighted by Gasteiger charge is -2.30. The number of amides is 1. The van der Waals surface area contributed by atoms with Crippen molar-refractivity contribution < 1.29 is 14.4 Å². The van der Waals surface area contributed by atoms with Gasteiger partial charge in [0.2, 0.25) is 5.91 Å². The van der Waals surface area contributed by atoms with Crippen LogP contribution in [-0.2, 0) is 16.0 Å². The summed E-state index contributed by atoms with van der Waals surface area (Å²) in [6.45, 7) is 0. The molecule has 2 aromatic rings. The van der Waals surface area contributed by atoms with Crippen LogP contribution in [0.2, 0.25) is 0 Å². The number of nitrogens with one attached hydrogen (secondary N) is 1. The predicted molar refractivity (Wildman–Crippen MR) is 94.0 cm³/mol. The Morgan fingerprint density at radius 1 is 0.960 bits per heavy atom. The van der Waals surface area contributed by atoms with Gasteiger partial charge >= 0.3 is 0 Å². The Hall–Kier alpha value is -2.79. The van der Waals surface area contributed by atoms with Crippen molar-refractivity contribution in [2.24, 2.45) is 5.73 Å². The molecule has 1 aliphatic heterocycles. The summed E-state index contributed by atoms with van der Waals surface area (Å²) < 4.78 is 0. The van der Waals surface area contributed by atoms with Crippen LogP contribution in [0.5, 0.6) is 0 Å². The molecule has 0 aliphatic carbocycles. The Morgan fingerprint density at radius 3 is 2.36 bits per heavy atom. The number of carbonyl (C=O) groups is 3. The fourth-order valence-corrected chi connectivity index (χ4v) is 3.17. The lowest BCUT2D eigenvalue weighted by Crippen LogP contribution is -2.49. The highest BCUT2D eigenvalue weighted by Gasteiger charge is 2.32. The second kappa shape index (κ2) is 7.40. The summed E-state index contributed by atoms with van der Waals surface area (Å²) in [6, 6.07) is 15.3. The molecule has 0 spiro atoms. The monoisotopic (exact) mass is 336 g/mol. The lowest BCUT2D eigenvalue weighted by molar-refractivity contribution is -0.123. The van der Waals surface area contributed by atoms with Gasteiger partial charge in [0.05, 0.1) is 12.1 Å². The summed E-state index contributed by atoms with van der Waals surface area (Å²) in [6.07, 6.45) is 0.730. The zero-order valence-electron chi connectivity index (χ0n) is 13.8. The van der Waals surface area contributed by atoms with Gasteiger partial charge in [0.25, 0.3) is 0 Å². The smallest absolute Gasteiger partial charge is 0.234 e. The van der Waals surface area contributed by atoms with E-state index >= 15 is 0 Å². The Bertz CT molecular complexity index is 802. The molecule has 0 fully saturated rings. The van der Waals surface area contributed by atoms with Gasteiger partial charge in [-0.2, -0.15) is 0 Å². The number of hydrogen-bond donors (Lipinski definition) is 2. The van der Waals surface area contributed by atoms with E-state index in [0.717, 1.165) is 11.1 Å². The number of fused-ring (bicyclic) bond motifs is 1. The molecule has 1 aliphatic rings. The zero-order chi connectivity index (χ0) is 17.8. The number of primary amides is 1. The lowest BCUT2D eigenvalue weighted by atomic mass is 9.86. The van der Waals surface area contributed by atoms with E-state index in [4.69, 9.17) is 5.73 Å². The third kappa shape index (κ3) is 3.83. The van der Waals surface area contributed by atoms with Crippen molar-refractivity contribution in [3.63, 3.8) is 0 Å². The van der Waals surface area contributed by atoms with E-state index in [9.17, 15) is 14.4 Å². The first kappa shape index (κ1) is 17.0. The molecular weight excluding hydrogens is 316 g/mol. The van der Waals surface area contributed by atoms with Crippen LogP contribution in [0, 0.1) is 0 Å². The van der Waals surface area contributed by atoms with Gasteiger partial charge in [-0.1, -0.05) is 54.6 Å². The highest BCUT2D eigenvalue weighted by Crippen LogP contribution is 2.27. The second-order valence-corrected chi connectivity index (χ2v) is 6.21. The summed E-state index contributed by atoms with van der Waals surface area (Å²) in [5.41, 5.74) is 7.82. The van der Waals surface area contributed by atoms with Gasteiger partial charge in [-0.15, -0.1) is 0 Å². The molecule has 2 atom stereocenters. The van der Waals surface area contributed by atoms with Gasteiger partial charge < -0.3 is 5.73 Å². The molecule has 0 bridgehead atoms. The summed E-state index contributed by atoms with van der Waals surface area (Å²) in [4.78, 5) is 36.5. The molecule has 128 valence electrons. The van der Waals surface area contributed by atoms with Crippen LogP contribution < -0.4 is 11.1 Å². The quantitative estimate of drug-likeness (QED) is 0.789. The van der Waals surface area contributed by atoms with Crippen LogP contribution >= 0.6 is 0 Å².